The number of rotatable bonds is 18. The summed E-state index contributed by atoms with van der Waals surface area (Å²) in [5.74, 6) is -11.4. The Morgan fingerprint density at radius 2 is 1.59 bits per heavy atom. The van der Waals surface area contributed by atoms with Crippen LogP contribution < -0.4 is 14.1 Å². The number of sulfone groups is 1. The number of benzene rings is 3. The first-order chi connectivity index (χ1) is 36.3. The number of nitrogens with zero attached hydrogens (tertiary/aromatic N) is 6. The lowest BCUT2D eigenvalue weighted by molar-refractivity contribution is -0.143. The molecule has 31 heteroatoms. The summed E-state index contributed by atoms with van der Waals surface area (Å²) in [5.41, 5.74) is -6.58. The van der Waals surface area contributed by atoms with E-state index < -0.39 is 174 Å². The lowest BCUT2D eigenvalue weighted by atomic mass is 9.93. The summed E-state index contributed by atoms with van der Waals surface area (Å²) in [6, 6.07) is 9.44. The van der Waals surface area contributed by atoms with Gasteiger partial charge in [-0.3, -0.25) is 33.7 Å². The fraction of sp³-hybridized carbons (Fsp3) is 0.354. The lowest BCUT2D eigenvalue weighted by Gasteiger charge is -2.25. The van der Waals surface area contributed by atoms with Gasteiger partial charge < -0.3 is 9.84 Å². The van der Waals surface area contributed by atoms with E-state index in [9.17, 15) is 75.9 Å². The molecule has 0 saturated heterocycles. The number of pyridine rings is 1. The first-order valence-corrected chi connectivity index (χ1v) is 28.5. The number of carbonyl (C=O) groups is 2. The fourth-order valence-corrected chi connectivity index (χ4v) is 10.9. The van der Waals surface area contributed by atoms with Gasteiger partial charge in [0.05, 0.1) is 51.0 Å². The minimum atomic E-state index is -5.33. The van der Waals surface area contributed by atoms with Crippen molar-refractivity contribution in [2.24, 2.45) is 5.92 Å². The minimum Gasteiger partial charge on any atom is -0.404 e. The van der Waals surface area contributed by atoms with E-state index in [4.69, 9.17) is 18.0 Å². The van der Waals surface area contributed by atoms with Gasteiger partial charge in [0.25, 0.3) is 0 Å². The lowest BCUT2D eigenvalue weighted by Crippen LogP contribution is -2.38. The number of amides is 2. The summed E-state index contributed by atoms with van der Waals surface area (Å²) in [5, 5.41) is 8.46. The number of sulfonamides is 1. The van der Waals surface area contributed by atoms with Gasteiger partial charge in [0.2, 0.25) is 21.8 Å². The maximum atomic E-state index is 15.7. The second-order valence-electron chi connectivity index (χ2n) is 18.9. The highest BCUT2D eigenvalue weighted by atomic mass is 35.5. The monoisotopic (exact) mass is 1200 g/mol. The number of anilines is 1. The van der Waals surface area contributed by atoms with E-state index in [1.807, 2.05) is 0 Å². The second kappa shape index (κ2) is 21.5. The summed E-state index contributed by atoms with van der Waals surface area (Å²) < 4.78 is 216. The summed E-state index contributed by atoms with van der Waals surface area (Å²) >= 11 is 6.69. The van der Waals surface area contributed by atoms with Crippen molar-refractivity contribution in [3.05, 3.63) is 123 Å². The molecule has 3 aromatic carbocycles. The highest BCUT2D eigenvalue weighted by molar-refractivity contribution is 7.93. The molecule has 0 radical (unpaired) electrons. The standard InChI is InChI=1S/C48H43ClF10N7O10PS2/c1-6-27-21-33-42(48(57,58)59)62-64(43(33)47(27,55)56)23-37(67)61-35(19-25-17-28(50)22-29(51)18-25)40-31(12-11-30(60-40)15-16-45(2,3)78(4,72)73)32-13-14-34(49)39-41(32)65(24-46(52,53)54)63-44(39)66(79(5,74)75)38(68)20-26-9-7-8-10-36(26)76-77(69,70)71/h1,7-14,17-18,22,27,35H,15-16,19-21,23-24H2,2-5H3,(H,61,67)(H2,69,70,71)/t27-,35+/m1/s1. The van der Waals surface area contributed by atoms with Crippen molar-refractivity contribution in [2.75, 3.05) is 16.8 Å². The van der Waals surface area contributed by atoms with Gasteiger partial charge in [-0.1, -0.05) is 47.9 Å². The molecule has 424 valence electrons. The van der Waals surface area contributed by atoms with Crippen LogP contribution in [-0.2, 0) is 84.9 Å². The number of aromatic nitrogens is 5. The quantitative estimate of drug-likeness (QED) is 0.0416. The van der Waals surface area contributed by atoms with Gasteiger partial charge >= 0.3 is 26.1 Å². The Bertz CT molecular complexity index is 3730. The first kappa shape index (κ1) is 60.1. The van der Waals surface area contributed by atoms with Crippen molar-refractivity contribution >= 4 is 67.8 Å². The number of phosphoric ester groups is 1. The number of fused-ring (bicyclic) bond motifs is 2. The number of nitrogens with one attached hydrogen (secondary N) is 1. The minimum absolute atomic E-state index is 0.00798. The average Bonchev–Trinajstić information content (AvgIpc) is 4.09. The van der Waals surface area contributed by atoms with Crippen molar-refractivity contribution in [3.8, 4) is 29.2 Å². The van der Waals surface area contributed by atoms with Gasteiger partial charge in [0.15, 0.2) is 21.3 Å². The smallest absolute Gasteiger partial charge is 0.404 e. The van der Waals surface area contributed by atoms with Crippen LogP contribution in [0.2, 0.25) is 5.02 Å². The van der Waals surface area contributed by atoms with Gasteiger partial charge in [-0.15, -0.1) is 6.42 Å². The Hall–Kier alpha value is -6.57. The number of hydrogen-bond acceptors (Lipinski definition) is 11. The molecule has 0 unspecified atom stereocenters. The van der Waals surface area contributed by atoms with Crippen molar-refractivity contribution < 1.29 is 89.2 Å². The second-order valence-corrected chi connectivity index (χ2v) is 25.0. The third-order valence-corrected chi connectivity index (χ3v) is 16.7. The topological polar surface area (TPSA) is 233 Å². The summed E-state index contributed by atoms with van der Waals surface area (Å²) in [7, 11) is -14.1. The number of terminal acetylenes is 1. The maximum Gasteiger partial charge on any atom is 0.524 e. The molecule has 0 saturated carbocycles. The predicted octanol–water partition coefficient (Wildman–Crippen LogP) is 8.57. The van der Waals surface area contributed by atoms with Crippen LogP contribution in [0, 0.1) is 29.9 Å². The number of phosphoric acid groups is 1. The maximum absolute atomic E-state index is 15.7. The Labute approximate surface area is 448 Å². The molecular weight excluding hydrogens is 1160 g/mol. The van der Waals surface area contributed by atoms with Crippen LogP contribution in [0.1, 0.15) is 65.8 Å². The molecule has 3 aromatic heterocycles. The Balaban J connectivity index is 1.47. The van der Waals surface area contributed by atoms with Crippen LogP contribution >= 0.6 is 19.4 Å². The predicted molar refractivity (Wildman–Crippen MR) is 265 cm³/mol. The van der Waals surface area contributed by atoms with E-state index in [1.54, 1.807) is 5.92 Å². The van der Waals surface area contributed by atoms with Crippen LogP contribution in [-0.4, -0.2) is 86.4 Å². The van der Waals surface area contributed by atoms with Crippen LogP contribution in [0.15, 0.2) is 66.7 Å². The molecule has 1 aliphatic carbocycles. The molecule has 0 aliphatic heterocycles. The fourth-order valence-electron chi connectivity index (χ4n) is 8.86. The number of halogens is 11. The van der Waals surface area contributed by atoms with Crippen LogP contribution in [0.4, 0.5) is 49.7 Å². The third kappa shape index (κ3) is 13.2. The molecule has 6 aromatic rings. The molecule has 7 rings (SSSR count). The molecule has 2 atom stereocenters. The van der Waals surface area contributed by atoms with Crippen LogP contribution in [0.25, 0.3) is 22.0 Å². The van der Waals surface area contributed by atoms with E-state index in [1.165, 1.54) is 38.1 Å². The van der Waals surface area contributed by atoms with Crippen molar-refractivity contribution in [1.82, 2.24) is 29.9 Å². The van der Waals surface area contributed by atoms with Gasteiger partial charge in [-0.05, 0) is 75.4 Å². The molecule has 17 nitrogen and oxygen atoms in total. The van der Waals surface area contributed by atoms with E-state index in [2.05, 4.69) is 25.0 Å². The number of alkyl halides is 8. The third-order valence-electron chi connectivity index (χ3n) is 12.7. The van der Waals surface area contributed by atoms with E-state index in [0.29, 0.717) is 12.3 Å². The van der Waals surface area contributed by atoms with Crippen molar-refractivity contribution in [1.29, 1.82) is 0 Å². The normalized spacial score (nSPS) is 15.4. The van der Waals surface area contributed by atoms with E-state index in [0.717, 1.165) is 42.7 Å². The first-order valence-electron chi connectivity index (χ1n) is 22.9. The summed E-state index contributed by atoms with van der Waals surface area (Å²) in [4.78, 5) is 52.2. The van der Waals surface area contributed by atoms with Crippen LogP contribution in [0.3, 0.4) is 0 Å². The zero-order chi connectivity index (χ0) is 58.7. The van der Waals surface area contributed by atoms with E-state index >= 15 is 8.78 Å². The molecule has 0 fully saturated rings. The van der Waals surface area contributed by atoms with Crippen LogP contribution in [0.5, 0.6) is 5.75 Å². The van der Waals surface area contributed by atoms with E-state index in [-0.39, 0.29) is 48.9 Å². The van der Waals surface area contributed by atoms with Crippen molar-refractivity contribution in [3.63, 3.8) is 0 Å². The van der Waals surface area contributed by atoms with Crippen molar-refractivity contribution in [2.45, 2.75) is 88.1 Å². The molecular formula is C48H43ClF10N7O10PS2. The number of para-hydroxylation sites is 1. The molecule has 3 heterocycles. The molecule has 0 spiro atoms. The summed E-state index contributed by atoms with van der Waals surface area (Å²) in [6.07, 6.45) is -7.02. The Kier molecular flexibility index (Phi) is 16.3. The number of hydrogen-bond donors (Lipinski definition) is 3. The highest BCUT2D eigenvalue weighted by Gasteiger charge is 2.55. The molecule has 79 heavy (non-hydrogen) atoms. The summed E-state index contributed by atoms with van der Waals surface area (Å²) in [6.45, 7) is -0.692. The van der Waals surface area contributed by atoms with Gasteiger partial charge in [0.1, 0.15) is 36.2 Å². The largest absolute Gasteiger partial charge is 0.524 e. The zero-order valence-corrected chi connectivity index (χ0v) is 44.6. The molecule has 2 amide bonds. The highest BCUT2D eigenvalue weighted by Crippen LogP contribution is 2.50. The molecule has 3 N–H and O–H groups in total. The Morgan fingerprint density at radius 3 is 2.18 bits per heavy atom. The van der Waals surface area contributed by atoms with Gasteiger partial charge in [-0.25, -0.2) is 30.2 Å². The SMILES string of the molecule is C#C[C@@H]1Cc2c(C(F)(F)F)nn(CC(=O)N[C@@H](Cc3cc(F)cc(F)c3)c3nc(CCC(C)(C)S(C)(=O)=O)ccc3-c3ccc(Cl)c4c(N(C(=O)Cc5ccccc5OP(=O)(O)O)S(C)(=O)=O)nn(CC(F)(F)F)c34)c2C1(F)F. The average molecular weight is 1200 g/mol. The van der Waals surface area contributed by atoms with Gasteiger partial charge in [-0.2, -0.15) is 49.6 Å². The Morgan fingerprint density at radius 1 is 0.962 bits per heavy atom. The zero-order valence-electron chi connectivity index (χ0n) is 41.3. The van der Waals surface area contributed by atoms with Gasteiger partial charge in [0, 0.05) is 40.3 Å². The molecule has 1 aliphatic rings. The number of aryl methyl sites for hydroxylation is 1. The molecule has 0 bridgehead atoms. The number of carbonyl (C=O) groups excluding carboxylic acids is 2.